The molecule has 0 radical (unpaired) electrons. The van der Waals surface area contributed by atoms with Crippen LogP contribution in [0.4, 0.5) is 0 Å². The number of hydrogen-bond acceptors (Lipinski definition) is 3. The zero-order valence-electron chi connectivity index (χ0n) is 13.4. The third-order valence-corrected chi connectivity index (χ3v) is 4.28. The minimum Gasteiger partial charge on any atom is -0.329 e. The van der Waals surface area contributed by atoms with Gasteiger partial charge < -0.3 is 16.0 Å². The van der Waals surface area contributed by atoms with Gasteiger partial charge in [-0.1, -0.05) is 51.1 Å². The zero-order chi connectivity index (χ0) is 14.8. The summed E-state index contributed by atoms with van der Waals surface area (Å²) >= 11 is 0. The molecule has 1 aromatic carbocycles. The Kier molecular flexibility index (Phi) is 7.82. The van der Waals surface area contributed by atoms with Gasteiger partial charge in [-0.05, 0) is 31.5 Å². The molecule has 0 saturated carbocycles. The topological polar surface area (TPSA) is 41.3 Å². The molecule has 20 heavy (non-hydrogen) atoms. The van der Waals surface area contributed by atoms with Crippen LogP contribution in [0.5, 0.6) is 0 Å². The SMILES string of the molecule is CCN(CC)CCNC(CC)(CN)Cc1ccccc1. The lowest BCUT2D eigenvalue weighted by atomic mass is 9.88. The van der Waals surface area contributed by atoms with Gasteiger partial charge in [0.25, 0.3) is 0 Å². The summed E-state index contributed by atoms with van der Waals surface area (Å²) in [6.07, 6.45) is 2.05. The highest BCUT2D eigenvalue weighted by molar-refractivity contribution is 5.18. The Bertz CT molecular complexity index is 343. The fraction of sp³-hybridized carbons (Fsp3) is 0.647. The van der Waals surface area contributed by atoms with Gasteiger partial charge in [0.2, 0.25) is 0 Å². The Labute approximate surface area is 124 Å². The van der Waals surface area contributed by atoms with Gasteiger partial charge >= 0.3 is 0 Å². The van der Waals surface area contributed by atoms with Crippen LogP contribution >= 0.6 is 0 Å². The fourth-order valence-corrected chi connectivity index (χ4v) is 2.61. The van der Waals surface area contributed by atoms with Crippen LogP contribution in [-0.4, -0.2) is 43.2 Å². The highest BCUT2D eigenvalue weighted by Crippen LogP contribution is 2.16. The smallest absolute Gasteiger partial charge is 0.0342 e. The lowest BCUT2D eigenvalue weighted by molar-refractivity contribution is 0.261. The Morgan fingerprint density at radius 1 is 1.10 bits per heavy atom. The molecule has 1 unspecified atom stereocenters. The number of rotatable bonds is 10. The van der Waals surface area contributed by atoms with E-state index in [0.29, 0.717) is 6.54 Å². The van der Waals surface area contributed by atoms with E-state index in [4.69, 9.17) is 5.73 Å². The second-order valence-corrected chi connectivity index (χ2v) is 5.45. The van der Waals surface area contributed by atoms with Crippen molar-refractivity contribution in [1.82, 2.24) is 10.2 Å². The summed E-state index contributed by atoms with van der Waals surface area (Å²) in [6, 6.07) is 10.6. The summed E-state index contributed by atoms with van der Waals surface area (Å²) in [7, 11) is 0. The van der Waals surface area contributed by atoms with E-state index in [1.165, 1.54) is 5.56 Å². The predicted octanol–water partition coefficient (Wildman–Crippen LogP) is 2.27. The molecule has 3 nitrogen and oxygen atoms in total. The Morgan fingerprint density at radius 2 is 1.75 bits per heavy atom. The Balaban J connectivity index is 2.58. The first-order valence-corrected chi connectivity index (χ1v) is 7.91. The molecule has 0 spiro atoms. The molecule has 3 N–H and O–H groups in total. The van der Waals surface area contributed by atoms with Gasteiger partial charge in [-0.15, -0.1) is 0 Å². The van der Waals surface area contributed by atoms with Crippen LogP contribution in [-0.2, 0) is 6.42 Å². The molecule has 114 valence electrons. The summed E-state index contributed by atoms with van der Waals surface area (Å²) < 4.78 is 0. The third-order valence-electron chi connectivity index (χ3n) is 4.28. The van der Waals surface area contributed by atoms with Crippen molar-refractivity contribution in [2.45, 2.75) is 39.2 Å². The molecule has 1 atom stereocenters. The van der Waals surface area contributed by atoms with Gasteiger partial charge in [-0.3, -0.25) is 0 Å². The van der Waals surface area contributed by atoms with Crippen molar-refractivity contribution in [3.05, 3.63) is 35.9 Å². The monoisotopic (exact) mass is 277 g/mol. The van der Waals surface area contributed by atoms with Crippen LogP contribution in [0, 0.1) is 0 Å². The molecule has 0 amide bonds. The van der Waals surface area contributed by atoms with Gasteiger partial charge in [0, 0.05) is 25.2 Å². The van der Waals surface area contributed by atoms with Crippen molar-refractivity contribution < 1.29 is 0 Å². The molecule has 0 saturated heterocycles. The summed E-state index contributed by atoms with van der Waals surface area (Å²) in [5, 5.41) is 3.71. The van der Waals surface area contributed by atoms with E-state index in [9.17, 15) is 0 Å². The quantitative estimate of drug-likeness (QED) is 0.689. The van der Waals surface area contributed by atoms with Crippen LogP contribution in [0.25, 0.3) is 0 Å². The fourth-order valence-electron chi connectivity index (χ4n) is 2.61. The summed E-state index contributed by atoms with van der Waals surface area (Å²) in [6.45, 7) is 11.6. The first-order chi connectivity index (χ1) is 9.69. The first-order valence-electron chi connectivity index (χ1n) is 7.91. The van der Waals surface area contributed by atoms with Gasteiger partial charge in [0.1, 0.15) is 0 Å². The van der Waals surface area contributed by atoms with Crippen LogP contribution in [0.15, 0.2) is 30.3 Å². The molecule has 1 rings (SSSR count). The average molecular weight is 277 g/mol. The average Bonchev–Trinajstić information content (AvgIpc) is 2.51. The van der Waals surface area contributed by atoms with E-state index < -0.39 is 0 Å². The first kappa shape index (κ1) is 17.2. The normalized spacial score (nSPS) is 14.4. The van der Waals surface area contributed by atoms with Crippen LogP contribution in [0.1, 0.15) is 32.8 Å². The van der Waals surface area contributed by atoms with Crippen molar-refractivity contribution in [3.8, 4) is 0 Å². The summed E-state index contributed by atoms with van der Waals surface area (Å²) in [5.74, 6) is 0. The van der Waals surface area contributed by atoms with Crippen LogP contribution in [0.3, 0.4) is 0 Å². The molecule has 0 bridgehead atoms. The van der Waals surface area contributed by atoms with Gasteiger partial charge in [0.15, 0.2) is 0 Å². The largest absolute Gasteiger partial charge is 0.329 e. The number of likely N-dealkylation sites (N-methyl/N-ethyl adjacent to an activating group) is 1. The highest BCUT2D eigenvalue weighted by atomic mass is 15.1. The molecule has 0 aliphatic carbocycles. The van der Waals surface area contributed by atoms with E-state index >= 15 is 0 Å². The van der Waals surface area contributed by atoms with Crippen molar-refractivity contribution in [3.63, 3.8) is 0 Å². The van der Waals surface area contributed by atoms with E-state index in [-0.39, 0.29) is 5.54 Å². The molecule has 0 heterocycles. The number of nitrogens with two attached hydrogens (primary N) is 1. The lowest BCUT2D eigenvalue weighted by Gasteiger charge is -2.34. The summed E-state index contributed by atoms with van der Waals surface area (Å²) in [4.78, 5) is 2.44. The molecule has 0 aromatic heterocycles. The molecule has 3 heteroatoms. The molecule has 1 aromatic rings. The molecular weight excluding hydrogens is 246 g/mol. The van der Waals surface area contributed by atoms with E-state index in [1.54, 1.807) is 0 Å². The number of nitrogens with zero attached hydrogens (tertiary/aromatic N) is 1. The Hall–Kier alpha value is -0.900. The van der Waals surface area contributed by atoms with Crippen molar-refractivity contribution in [2.75, 3.05) is 32.7 Å². The zero-order valence-corrected chi connectivity index (χ0v) is 13.4. The Morgan fingerprint density at radius 3 is 2.25 bits per heavy atom. The molecule has 0 aliphatic rings. The van der Waals surface area contributed by atoms with E-state index in [2.05, 4.69) is 61.3 Å². The van der Waals surface area contributed by atoms with E-state index in [1.807, 2.05) is 0 Å². The standard InChI is InChI=1S/C17H31N3/c1-4-17(15-18,14-16-10-8-7-9-11-16)19-12-13-20(5-2)6-3/h7-11,19H,4-6,12-15,18H2,1-3H3. The van der Waals surface area contributed by atoms with Gasteiger partial charge in [0.05, 0.1) is 0 Å². The summed E-state index contributed by atoms with van der Waals surface area (Å²) in [5.41, 5.74) is 7.45. The number of nitrogens with one attached hydrogen (secondary N) is 1. The van der Waals surface area contributed by atoms with Crippen molar-refractivity contribution >= 4 is 0 Å². The molecule has 0 fully saturated rings. The predicted molar refractivity (Wildman–Crippen MR) is 88.0 cm³/mol. The number of hydrogen-bond donors (Lipinski definition) is 2. The van der Waals surface area contributed by atoms with E-state index in [0.717, 1.165) is 39.0 Å². The maximum Gasteiger partial charge on any atom is 0.0342 e. The second kappa shape index (κ2) is 9.11. The third kappa shape index (κ3) is 5.23. The maximum absolute atomic E-state index is 6.07. The van der Waals surface area contributed by atoms with Gasteiger partial charge in [-0.25, -0.2) is 0 Å². The second-order valence-electron chi connectivity index (χ2n) is 5.45. The maximum atomic E-state index is 6.07. The minimum atomic E-state index is 0.0223. The lowest BCUT2D eigenvalue weighted by Crippen LogP contribution is -2.54. The minimum absolute atomic E-state index is 0.0223. The van der Waals surface area contributed by atoms with Crippen molar-refractivity contribution in [1.29, 1.82) is 0 Å². The van der Waals surface area contributed by atoms with Crippen molar-refractivity contribution in [2.24, 2.45) is 5.73 Å². The van der Waals surface area contributed by atoms with Crippen LogP contribution < -0.4 is 11.1 Å². The highest BCUT2D eigenvalue weighted by Gasteiger charge is 2.26. The number of benzene rings is 1. The van der Waals surface area contributed by atoms with Gasteiger partial charge in [-0.2, -0.15) is 0 Å². The molecule has 0 aliphatic heterocycles. The van der Waals surface area contributed by atoms with Crippen LogP contribution in [0.2, 0.25) is 0 Å². The molecular formula is C17H31N3.